The number of carbonyl (C=O) groups excluding carboxylic acids is 1. The molecule has 118 valence electrons. The van der Waals surface area contributed by atoms with Crippen LogP contribution in [0.25, 0.3) is 0 Å². The number of hydrogen-bond acceptors (Lipinski definition) is 4. The summed E-state index contributed by atoms with van der Waals surface area (Å²) in [5.74, 6) is 0.329. The molecule has 1 heterocycles. The average molecular weight is 294 g/mol. The largest absolute Gasteiger partial charge is 0.465 e. The molecule has 1 aliphatic carbocycles. The van der Waals surface area contributed by atoms with E-state index in [4.69, 9.17) is 9.78 Å². The molecule has 0 aromatic carbocycles. The van der Waals surface area contributed by atoms with Crippen LogP contribution in [0.5, 0.6) is 0 Å². The monoisotopic (exact) mass is 294 g/mol. The third-order valence-corrected chi connectivity index (χ3v) is 5.20. The maximum absolute atomic E-state index is 11.9. The van der Waals surface area contributed by atoms with E-state index in [0.717, 1.165) is 4.68 Å². The van der Waals surface area contributed by atoms with Crippen LogP contribution in [-0.2, 0) is 9.78 Å². The second-order valence-electron chi connectivity index (χ2n) is 8.10. The minimum absolute atomic E-state index is 0.125. The van der Waals surface area contributed by atoms with E-state index in [0.29, 0.717) is 5.92 Å². The lowest BCUT2D eigenvalue weighted by atomic mass is 9.83. The third-order valence-electron chi connectivity index (χ3n) is 5.20. The first-order valence-electron chi connectivity index (χ1n) is 7.37. The third kappa shape index (κ3) is 2.71. The number of carbonyl (C=O) groups is 1. The van der Waals surface area contributed by atoms with Crippen LogP contribution in [0.1, 0.15) is 48.5 Å². The highest BCUT2D eigenvalue weighted by molar-refractivity contribution is 5.68. The van der Waals surface area contributed by atoms with Crippen LogP contribution in [-0.4, -0.2) is 22.0 Å². The van der Waals surface area contributed by atoms with Gasteiger partial charge in [-0.05, 0) is 22.3 Å². The topological polar surface area (TPSA) is 53.4 Å². The molecule has 0 spiro atoms. The summed E-state index contributed by atoms with van der Waals surface area (Å²) < 4.78 is 1.11. The second kappa shape index (κ2) is 4.83. The molecule has 0 saturated heterocycles. The molecule has 0 N–H and O–H groups in total. The van der Waals surface area contributed by atoms with Gasteiger partial charge in [0.15, 0.2) is 0 Å². The van der Waals surface area contributed by atoms with Gasteiger partial charge in [-0.1, -0.05) is 48.5 Å². The summed E-state index contributed by atoms with van der Waals surface area (Å²) in [5, 5.41) is 3.84. The number of aromatic nitrogens is 2. The van der Waals surface area contributed by atoms with E-state index in [1.54, 1.807) is 6.07 Å². The maximum atomic E-state index is 11.9. The predicted molar refractivity (Wildman–Crippen MR) is 79.5 cm³/mol. The number of nitrogens with zero attached hydrogens (tertiary/aromatic N) is 2. The van der Waals surface area contributed by atoms with Gasteiger partial charge in [0.25, 0.3) is 0 Å². The molecule has 0 aliphatic heterocycles. The van der Waals surface area contributed by atoms with Crippen LogP contribution in [0.4, 0.5) is 4.79 Å². The molecule has 5 nitrogen and oxygen atoms in total. The average Bonchev–Trinajstić information content (AvgIpc) is 2.78. The Morgan fingerprint density at radius 3 is 2.19 bits per heavy atom. The first kappa shape index (κ1) is 16.0. The van der Waals surface area contributed by atoms with Gasteiger partial charge in [0.05, 0.1) is 0 Å². The van der Waals surface area contributed by atoms with Crippen molar-refractivity contribution in [1.82, 2.24) is 9.78 Å². The van der Waals surface area contributed by atoms with Crippen molar-refractivity contribution < 1.29 is 14.6 Å². The van der Waals surface area contributed by atoms with E-state index in [1.807, 2.05) is 0 Å². The molecule has 2 rings (SSSR count). The predicted octanol–water partition coefficient (Wildman–Crippen LogP) is 3.90. The molecular weight excluding hydrogens is 268 g/mol. The lowest BCUT2D eigenvalue weighted by molar-refractivity contribution is -0.302. The lowest BCUT2D eigenvalue weighted by Gasteiger charge is -2.30. The maximum Gasteiger partial charge on any atom is 0.465 e. The summed E-state index contributed by atoms with van der Waals surface area (Å²) in [6.07, 6.45) is 2.27. The van der Waals surface area contributed by atoms with Crippen molar-refractivity contribution in [3.8, 4) is 0 Å². The fraction of sp³-hybridized carbons (Fsp3) is 0.750. The molecular formula is C16H26N2O3. The molecule has 1 aromatic rings. The summed E-state index contributed by atoms with van der Waals surface area (Å²) in [6.45, 7) is 15.2. The normalized spacial score (nSPS) is 21.9. The summed E-state index contributed by atoms with van der Waals surface area (Å²) in [4.78, 5) is 22.5. The molecule has 5 heteroatoms. The van der Waals surface area contributed by atoms with Gasteiger partial charge in [0, 0.05) is 18.3 Å². The van der Waals surface area contributed by atoms with Gasteiger partial charge < -0.3 is 0 Å². The van der Waals surface area contributed by atoms with Crippen molar-refractivity contribution in [3.63, 3.8) is 0 Å². The molecule has 21 heavy (non-hydrogen) atoms. The van der Waals surface area contributed by atoms with E-state index in [1.165, 1.54) is 12.4 Å². The molecule has 0 amide bonds. The Kier molecular flexibility index (Phi) is 3.69. The molecule has 0 radical (unpaired) electrons. The standard InChI is InChI=1S/C16H26N2O3/c1-14(2,3)12(11-15(4,5)16(11,6)7)20-21-13(19)18-10-8-9-17-18/h8-12H,1-7H3. The highest BCUT2D eigenvalue weighted by atomic mass is 17.2. The van der Waals surface area contributed by atoms with Crippen LogP contribution in [0.2, 0.25) is 0 Å². The molecule has 0 bridgehead atoms. The zero-order chi connectivity index (χ0) is 16.1. The minimum Gasteiger partial charge on any atom is -0.273 e. The van der Waals surface area contributed by atoms with Crippen LogP contribution >= 0.6 is 0 Å². The van der Waals surface area contributed by atoms with Crippen molar-refractivity contribution in [2.24, 2.45) is 22.2 Å². The van der Waals surface area contributed by atoms with Crippen molar-refractivity contribution in [2.75, 3.05) is 0 Å². The molecule has 1 fully saturated rings. The van der Waals surface area contributed by atoms with Crippen LogP contribution in [0.15, 0.2) is 18.5 Å². The smallest absolute Gasteiger partial charge is 0.273 e. The van der Waals surface area contributed by atoms with Gasteiger partial charge in [-0.3, -0.25) is 4.89 Å². The summed E-state index contributed by atoms with van der Waals surface area (Å²) in [6, 6.07) is 1.66. The van der Waals surface area contributed by atoms with Gasteiger partial charge >= 0.3 is 6.09 Å². The van der Waals surface area contributed by atoms with Crippen molar-refractivity contribution in [2.45, 2.75) is 54.6 Å². The van der Waals surface area contributed by atoms with Gasteiger partial charge in [0.2, 0.25) is 0 Å². The summed E-state index contributed by atoms with van der Waals surface area (Å²) in [7, 11) is 0. The van der Waals surface area contributed by atoms with E-state index in [-0.39, 0.29) is 22.3 Å². The van der Waals surface area contributed by atoms with Crippen LogP contribution < -0.4 is 0 Å². The lowest BCUT2D eigenvalue weighted by Crippen LogP contribution is -2.35. The fourth-order valence-corrected chi connectivity index (χ4v) is 3.21. The molecule has 1 unspecified atom stereocenters. The Morgan fingerprint density at radius 2 is 1.81 bits per heavy atom. The van der Waals surface area contributed by atoms with E-state index in [9.17, 15) is 4.79 Å². The van der Waals surface area contributed by atoms with Crippen molar-refractivity contribution in [3.05, 3.63) is 18.5 Å². The molecule has 1 aromatic heterocycles. The Labute approximate surface area is 126 Å². The zero-order valence-corrected chi connectivity index (χ0v) is 14.0. The quantitative estimate of drug-likeness (QED) is 0.627. The number of rotatable bonds is 3. The molecule has 1 atom stereocenters. The summed E-state index contributed by atoms with van der Waals surface area (Å²) >= 11 is 0. The first-order chi connectivity index (χ1) is 9.49. The molecule has 1 saturated carbocycles. The van der Waals surface area contributed by atoms with Crippen LogP contribution in [0.3, 0.4) is 0 Å². The zero-order valence-electron chi connectivity index (χ0n) is 14.0. The van der Waals surface area contributed by atoms with E-state index in [2.05, 4.69) is 53.6 Å². The summed E-state index contributed by atoms with van der Waals surface area (Å²) in [5.41, 5.74) is 0.187. The fourth-order valence-electron chi connectivity index (χ4n) is 3.21. The Balaban J connectivity index is 2.08. The SMILES string of the molecule is CC(C)(C)C(OOC(=O)n1cccn1)C1C(C)(C)C1(C)C. The van der Waals surface area contributed by atoms with Crippen molar-refractivity contribution >= 4 is 6.09 Å². The number of hydrogen-bond donors (Lipinski definition) is 0. The van der Waals surface area contributed by atoms with Gasteiger partial charge in [0.1, 0.15) is 6.10 Å². The highest BCUT2D eigenvalue weighted by Gasteiger charge is 2.69. The van der Waals surface area contributed by atoms with E-state index >= 15 is 0 Å². The van der Waals surface area contributed by atoms with E-state index < -0.39 is 6.09 Å². The first-order valence-corrected chi connectivity index (χ1v) is 7.37. The van der Waals surface area contributed by atoms with Crippen molar-refractivity contribution in [1.29, 1.82) is 0 Å². The highest BCUT2D eigenvalue weighted by Crippen LogP contribution is 2.71. The Hall–Kier alpha value is -1.36. The van der Waals surface area contributed by atoms with Gasteiger partial charge in [-0.2, -0.15) is 14.7 Å². The van der Waals surface area contributed by atoms with Gasteiger partial charge in [-0.25, -0.2) is 4.79 Å². The Bertz CT molecular complexity index is 498. The van der Waals surface area contributed by atoms with Gasteiger partial charge in [-0.15, -0.1) is 0 Å². The Morgan fingerprint density at radius 1 is 1.24 bits per heavy atom. The van der Waals surface area contributed by atoms with Crippen LogP contribution in [0, 0.1) is 22.2 Å². The second-order valence-corrected chi connectivity index (χ2v) is 8.10. The minimum atomic E-state index is -0.620. The molecule has 1 aliphatic rings.